The molecule has 4 heteroatoms. The van der Waals surface area contributed by atoms with Crippen LogP contribution in [0.1, 0.15) is 21.5 Å². The Morgan fingerprint density at radius 2 is 1.30 bits per heavy atom. The number of rotatable bonds is 6. The van der Waals surface area contributed by atoms with E-state index in [1.807, 2.05) is 66.7 Å². The van der Waals surface area contributed by atoms with E-state index in [4.69, 9.17) is 9.57 Å². The molecule has 0 N–H and O–H groups in total. The van der Waals surface area contributed by atoms with Crippen molar-refractivity contribution in [3.63, 3.8) is 0 Å². The Bertz CT molecular complexity index is 1400. The van der Waals surface area contributed by atoms with E-state index in [2.05, 4.69) is 60.7 Å². The van der Waals surface area contributed by atoms with Crippen LogP contribution in [0.25, 0.3) is 5.57 Å². The van der Waals surface area contributed by atoms with Gasteiger partial charge in [-0.1, -0.05) is 91.0 Å². The normalized spacial score (nSPS) is 20.1. The summed E-state index contributed by atoms with van der Waals surface area (Å²) in [6.45, 7) is 0. The predicted octanol–water partition coefficient (Wildman–Crippen LogP) is 6.76. The van der Waals surface area contributed by atoms with Crippen molar-refractivity contribution < 1.29 is 14.4 Å². The predicted molar refractivity (Wildman–Crippen MR) is 146 cm³/mol. The van der Waals surface area contributed by atoms with E-state index < -0.39 is 6.04 Å². The van der Waals surface area contributed by atoms with E-state index in [1.54, 1.807) is 12.2 Å². The molecule has 4 aromatic rings. The molecule has 6 rings (SSSR count). The first-order valence-electron chi connectivity index (χ1n) is 12.5. The standard InChI is InChI=1S/C33H27NO3/c1-36-27-19-17-25(18-20-27)32(35)31-29-22-21-28(33(29)37-34(31)26-15-9-4-10-16-26)30(23-11-5-2-6-12-23)24-13-7-3-8-14-24/h2-22,29,31,33H,1H3/t29-,31+,33-/m0/s1. The van der Waals surface area contributed by atoms with Crippen LogP contribution in [0.2, 0.25) is 0 Å². The van der Waals surface area contributed by atoms with Gasteiger partial charge in [0.2, 0.25) is 0 Å². The summed E-state index contributed by atoms with van der Waals surface area (Å²) in [7, 11) is 1.62. The van der Waals surface area contributed by atoms with Crippen LogP contribution < -0.4 is 9.80 Å². The highest BCUT2D eigenvalue weighted by molar-refractivity contribution is 6.03. The smallest absolute Gasteiger partial charge is 0.188 e. The number of benzene rings is 4. The Kier molecular flexibility index (Phi) is 6.17. The van der Waals surface area contributed by atoms with E-state index in [0.29, 0.717) is 5.56 Å². The van der Waals surface area contributed by atoms with Gasteiger partial charge in [0.1, 0.15) is 17.9 Å². The number of ketones is 1. The first-order chi connectivity index (χ1) is 18.2. The number of nitrogens with zero attached hydrogens (tertiary/aromatic N) is 1. The molecule has 1 heterocycles. The molecular formula is C33H27NO3. The molecule has 0 spiro atoms. The molecule has 0 amide bonds. The van der Waals surface area contributed by atoms with E-state index in [9.17, 15) is 4.79 Å². The Morgan fingerprint density at radius 3 is 1.86 bits per heavy atom. The maximum absolute atomic E-state index is 14.0. The molecule has 3 atom stereocenters. The summed E-state index contributed by atoms with van der Waals surface area (Å²) >= 11 is 0. The Labute approximate surface area is 217 Å². The fraction of sp³-hybridized carbons (Fsp3) is 0.121. The first kappa shape index (κ1) is 23.0. The Balaban J connectivity index is 1.46. The molecule has 4 nitrogen and oxygen atoms in total. The Morgan fingerprint density at radius 1 is 0.730 bits per heavy atom. The van der Waals surface area contributed by atoms with Crippen LogP contribution in [0.15, 0.2) is 133 Å². The van der Waals surface area contributed by atoms with Crippen molar-refractivity contribution in [2.75, 3.05) is 12.2 Å². The average Bonchev–Trinajstić information content (AvgIpc) is 3.55. The molecule has 0 bridgehead atoms. The van der Waals surface area contributed by atoms with Gasteiger partial charge in [0.25, 0.3) is 0 Å². The summed E-state index contributed by atoms with van der Waals surface area (Å²) in [5.41, 5.74) is 5.93. The molecule has 0 radical (unpaired) electrons. The molecule has 1 aliphatic carbocycles. The van der Waals surface area contributed by atoms with Crippen LogP contribution in [0, 0.1) is 5.92 Å². The molecule has 1 saturated heterocycles. The molecule has 4 aromatic carbocycles. The van der Waals surface area contributed by atoms with Gasteiger partial charge in [-0.25, -0.2) is 5.06 Å². The van der Waals surface area contributed by atoms with Gasteiger partial charge in [-0.2, -0.15) is 0 Å². The van der Waals surface area contributed by atoms with Crippen molar-refractivity contribution in [1.82, 2.24) is 0 Å². The van der Waals surface area contributed by atoms with E-state index in [1.165, 1.54) is 0 Å². The molecule has 1 fully saturated rings. The van der Waals surface area contributed by atoms with E-state index in [-0.39, 0.29) is 17.8 Å². The van der Waals surface area contributed by atoms with Crippen LogP contribution in [0.5, 0.6) is 5.75 Å². The zero-order chi connectivity index (χ0) is 25.2. The topological polar surface area (TPSA) is 38.8 Å². The second kappa shape index (κ2) is 9.92. The number of carbonyl (C=O) groups is 1. The Hall–Kier alpha value is -4.41. The average molecular weight is 486 g/mol. The lowest BCUT2D eigenvalue weighted by Gasteiger charge is -2.25. The number of fused-ring (bicyclic) bond motifs is 1. The molecular weight excluding hydrogens is 458 g/mol. The van der Waals surface area contributed by atoms with Crippen LogP contribution in [0.3, 0.4) is 0 Å². The molecule has 0 saturated carbocycles. The highest BCUT2D eigenvalue weighted by Crippen LogP contribution is 2.45. The molecule has 37 heavy (non-hydrogen) atoms. The largest absolute Gasteiger partial charge is 0.497 e. The lowest BCUT2D eigenvalue weighted by molar-refractivity contribution is 0.0876. The number of anilines is 1. The second-order valence-electron chi connectivity index (χ2n) is 9.22. The second-order valence-corrected chi connectivity index (χ2v) is 9.22. The number of Topliss-reactive ketones (excluding diaryl/α,β-unsaturated/α-hetero) is 1. The van der Waals surface area contributed by atoms with Crippen LogP contribution in [-0.4, -0.2) is 25.0 Å². The number of hydrogen-bond acceptors (Lipinski definition) is 4. The lowest BCUT2D eigenvalue weighted by Crippen LogP contribution is -2.39. The number of hydrogen-bond donors (Lipinski definition) is 0. The summed E-state index contributed by atoms with van der Waals surface area (Å²) < 4.78 is 5.30. The van der Waals surface area contributed by atoms with Crippen LogP contribution >= 0.6 is 0 Å². The summed E-state index contributed by atoms with van der Waals surface area (Å²) in [6, 6.07) is 37.4. The lowest BCUT2D eigenvalue weighted by atomic mass is 9.86. The zero-order valence-corrected chi connectivity index (χ0v) is 20.5. The van der Waals surface area contributed by atoms with Gasteiger partial charge in [0, 0.05) is 11.5 Å². The summed E-state index contributed by atoms with van der Waals surface area (Å²) in [6.07, 6.45) is 3.99. The fourth-order valence-electron chi connectivity index (χ4n) is 5.30. The molecule has 2 aliphatic rings. The van der Waals surface area contributed by atoms with Crippen LogP contribution in [0.4, 0.5) is 5.69 Å². The molecule has 1 aliphatic heterocycles. The molecule has 182 valence electrons. The van der Waals surface area contributed by atoms with E-state index in [0.717, 1.165) is 33.7 Å². The van der Waals surface area contributed by atoms with Crippen molar-refractivity contribution >= 4 is 17.0 Å². The SMILES string of the molecule is COc1ccc(C(=O)[C@H]2[C@@H]3C=CC(=C(c4ccccc4)c4ccccc4)[C@@H]3ON2c2ccccc2)cc1. The summed E-state index contributed by atoms with van der Waals surface area (Å²) in [5.74, 6) is 0.608. The van der Waals surface area contributed by atoms with Gasteiger partial charge >= 0.3 is 0 Å². The maximum Gasteiger partial charge on any atom is 0.188 e. The number of carbonyl (C=O) groups excluding carboxylic acids is 1. The van der Waals surface area contributed by atoms with Crippen molar-refractivity contribution in [3.05, 3.63) is 150 Å². The highest BCUT2D eigenvalue weighted by Gasteiger charge is 2.50. The monoisotopic (exact) mass is 485 g/mol. The number of ether oxygens (including phenoxy) is 1. The van der Waals surface area contributed by atoms with Gasteiger partial charge in [-0.05, 0) is 58.7 Å². The van der Waals surface area contributed by atoms with Gasteiger partial charge in [0.05, 0.1) is 12.8 Å². The minimum Gasteiger partial charge on any atom is -0.497 e. The van der Waals surface area contributed by atoms with Crippen molar-refractivity contribution in [2.45, 2.75) is 12.1 Å². The summed E-state index contributed by atoms with van der Waals surface area (Å²) in [4.78, 5) is 20.7. The third-order valence-electron chi connectivity index (χ3n) is 7.07. The number of hydroxylamine groups is 1. The van der Waals surface area contributed by atoms with Crippen molar-refractivity contribution in [1.29, 1.82) is 0 Å². The third kappa shape index (κ3) is 4.26. The van der Waals surface area contributed by atoms with Gasteiger partial charge in [0.15, 0.2) is 5.78 Å². The maximum atomic E-state index is 14.0. The van der Waals surface area contributed by atoms with Gasteiger partial charge in [-0.15, -0.1) is 0 Å². The number of para-hydroxylation sites is 1. The van der Waals surface area contributed by atoms with Crippen molar-refractivity contribution in [3.8, 4) is 5.75 Å². The first-order valence-corrected chi connectivity index (χ1v) is 12.5. The molecule has 0 aromatic heterocycles. The van der Waals surface area contributed by atoms with Crippen LogP contribution in [-0.2, 0) is 4.84 Å². The van der Waals surface area contributed by atoms with E-state index >= 15 is 0 Å². The third-order valence-corrected chi connectivity index (χ3v) is 7.07. The fourth-order valence-corrected chi connectivity index (χ4v) is 5.30. The van der Waals surface area contributed by atoms with Gasteiger partial charge in [-0.3, -0.25) is 9.63 Å². The minimum absolute atomic E-state index is 0.0193. The molecule has 0 unspecified atom stereocenters. The zero-order valence-electron chi connectivity index (χ0n) is 20.5. The summed E-state index contributed by atoms with van der Waals surface area (Å²) in [5, 5.41) is 1.80. The van der Waals surface area contributed by atoms with Crippen molar-refractivity contribution in [2.24, 2.45) is 5.92 Å². The minimum atomic E-state index is -0.498. The number of methoxy groups -OCH3 is 1. The highest BCUT2D eigenvalue weighted by atomic mass is 16.7. The van der Waals surface area contributed by atoms with Gasteiger partial charge < -0.3 is 4.74 Å². The quantitative estimate of drug-likeness (QED) is 0.283.